The second kappa shape index (κ2) is 3.47. The van der Waals surface area contributed by atoms with Crippen LogP contribution in [-0.2, 0) is 18.8 Å². The minimum atomic E-state index is -1.74. The molecule has 1 saturated heterocycles. The molecule has 4 nitrogen and oxygen atoms in total. The first-order chi connectivity index (χ1) is 6.20. The highest BCUT2D eigenvalue weighted by molar-refractivity contribution is 6.69. The molecule has 0 aromatic heterocycles. The van der Waals surface area contributed by atoms with E-state index in [0.29, 0.717) is 0 Å². The first-order valence-corrected chi connectivity index (χ1v) is 8.05. The van der Waals surface area contributed by atoms with Crippen LogP contribution in [0.2, 0.25) is 19.6 Å². The highest BCUT2D eigenvalue weighted by Gasteiger charge is 2.41. The van der Waals surface area contributed by atoms with Crippen molar-refractivity contribution in [2.45, 2.75) is 45.0 Å². The maximum absolute atomic E-state index is 11.1. The van der Waals surface area contributed by atoms with Crippen LogP contribution in [0.4, 0.5) is 0 Å². The van der Waals surface area contributed by atoms with E-state index in [1.54, 1.807) is 6.92 Å². The SMILES string of the molecule is CC1(O[Si](C)(C)C)CC(=O)OC(=O)C1. The van der Waals surface area contributed by atoms with Gasteiger partial charge in [0.25, 0.3) is 0 Å². The Morgan fingerprint density at radius 2 is 1.64 bits per heavy atom. The molecular weight excluding hydrogens is 200 g/mol. The van der Waals surface area contributed by atoms with Crippen LogP contribution in [0.15, 0.2) is 0 Å². The normalized spacial score (nSPS) is 22.0. The van der Waals surface area contributed by atoms with Crippen LogP contribution in [0, 0.1) is 0 Å². The molecule has 0 unspecified atom stereocenters. The number of carbonyl (C=O) groups is 2. The van der Waals surface area contributed by atoms with Gasteiger partial charge in [-0.05, 0) is 26.6 Å². The second-order valence-electron chi connectivity index (χ2n) is 4.86. The van der Waals surface area contributed by atoms with Gasteiger partial charge in [-0.15, -0.1) is 0 Å². The van der Waals surface area contributed by atoms with Crippen molar-refractivity contribution in [3.05, 3.63) is 0 Å². The highest BCUT2D eigenvalue weighted by atomic mass is 28.4. The number of hydrogen-bond acceptors (Lipinski definition) is 4. The fourth-order valence-corrected chi connectivity index (χ4v) is 3.31. The fourth-order valence-electron chi connectivity index (χ4n) is 1.68. The maximum atomic E-state index is 11.1. The van der Waals surface area contributed by atoms with Gasteiger partial charge in [0.2, 0.25) is 0 Å². The van der Waals surface area contributed by atoms with Crippen molar-refractivity contribution in [3.8, 4) is 0 Å². The summed E-state index contributed by atoms with van der Waals surface area (Å²) in [6, 6.07) is 0. The van der Waals surface area contributed by atoms with E-state index in [9.17, 15) is 9.59 Å². The first kappa shape index (κ1) is 11.4. The molecule has 5 heteroatoms. The Hall–Kier alpha value is -0.683. The van der Waals surface area contributed by atoms with Gasteiger partial charge in [0.1, 0.15) is 0 Å². The Morgan fingerprint density at radius 3 is 2.00 bits per heavy atom. The first-order valence-electron chi connectivity index (χ1n) is 4.64. The topological polar surface area (TPSA) is 52.6 Å². The molecule has 1 aliphatic heterocycles. The lowest BCUT2D eigenvalue weighted by atomic mass is 9.96. The molecule has 0 radical (unpaired) electrons. The molecule has 0 bridgehead atoms. The van der Waals surface area contributed by atoms with E-state index in [1.807, 2.05) is 19.6 Å². The van der Waals surface area contributed by atoms with Crippen molar-refractivity contribution < 1.29 is 18.8 Å². The quantitative estimate of drug-likeness (QED) is 0.398. The second-order valence-corrected chi connectivity index (χ2v) is 9.29. The van der Waals surface area contributed by atoms with E-state index in [1.165, 1.54) is 0 Å². The summed E-state index contributed by atoms with van der Waals surface area (Å²) < 4.78 is 10.3. The summed E-state index contributed by atoms with van der Waals surface area (Å²) in [7, 11) is -1.74. The van der Waals surface area contributed by atoms with E-state index in [2.05, 4.69) is 4.74 Å². The fraction of sp³-hybridized carbons (Fsp3) is 0.778. The van der Waals surface area contributed by atoms with E-state index in [0.717, 1.165) is 0 Å². The smallest absolute Gasteiger partial charge is 0.316 e. The summed E-state index contributed by atoms with van der Waals surface area (Å²) in [4.78, 5) is 22.1. The Labute approximate surface area is 84.7 Å². The number of hydrogen-bond donors (Lipinski definition) is 0. The molecule has 1 rings (SSSR count). The summed E-state index contributed by atoms with van der Waals surface area (Å²) in [5, 5.41) is 0. The lowest BCUT2D eigenvalue weighted by Crippen LogP contribution is -2.47. The predicted octanol–water partition coefficient (Wildman–Crippen LogP) is 1.46. The van der Waals surface area contributed by atoms with Gasteiger partial charge in [0.05, 0.1) is 18.4 Å². The highest BCUT2D eigenvalue weighted by Crippen LogP contribution is 2.29. The zero-order valence-electron chi connectivity index (χ0n) is 9.05. The molecule has 80 valence electrons. The van der Waals surface area contributed by atoms with Crippen LogP contribution < -0.4 is 0 Å². The van der Waals surface area contributed by atoms with Crippen molar-refractivity contribution >= 4 is 20.3 Å². The molecule has 0 aliphatic carbocycles. The van der Waals surface area contributed by atoms with Crippen LogP contribution in [0.1, 0.15) is 19.8 Å². The van der Waals surface area contributed by atoms with E-state index < -0.39 is 25.9 Å². The molecule has 0 spiro atoms. The number of esters is 2. The molecule has 0 amide bonds. The zero-order valence-corrected chi connectivity index (χ0v) is 10.0. The molecule has 0 N–H and O–H groups in total. The molecule has 0 atom stereocenters. The molecule has 0 aromatic carbocycles. The predicted molar refractivity (Wildman–Crippen MR) is 53.2 cm³/mol. The molecule has 14 heavy (non-hydrogen) atoms. The Balaban J connectivity index is 2.73. The van der Waals surface area contributed by atoms with Gasteiger partial charge in [-0.25, -0.2) is 0 Å². The largest absolute Gasteiger partial charge is 0.411 e. The summed E-state index contributed by atoms with van der Waals surface area (Å²) in [6.45, 7) is 7.89. The average molecular weight is 216 g/mol. The van der Waals surface area contributed by atoms with Gasteiger partial charge in [-0.2, -0.15) is 0 Å². The third kappa shape index (κ3) is 3.23. The van der Waals surface area contributed by atoms with E-state index in [-0.39, 0.29) is 12.8 Å². The standard InChI is InChI=1S/C9H16O4Si/c1-9(13-14(2,3)4)5-7(10)12-8(11)6-9/h5-6H2,1-4H3. The van der Waals surface area contributed by atoms with Crippen LogP contribution >= 0.6 is 0 Å². The van der Waals surface area contributed by atoms with Crippen molar-refractivity contribution in [1.29, 1.82) is 0 Å². The van der Waals surface area contributed by atoms with Crippen LogP contribution in [0.25, 0.3) is 0 Å². The van der Waals surface area contributed by atoms with Gasteiger partial charge in [0.15, 0.2) is 8.32 Å². The maximum Gasteiger partial charge on any atom is 0.316 e. The van der Waals surface area contributed by atoms with Crippen molar-refractivity contribution in [3.63, 3.8) is 0 Å². The average Bonchev–Trinajstić information content (AvgIpc) is 1.74. The number of carbonyl (C=O) groups excluding carboxylic acids is 2. The third-order valence-corrected chi connectivity index (χ3v) is 2.92. The van der Waals surface area contributed by atoms with E-state index in [4.69, 9.17) is 4.43 Å². The molecule has 1 fully saturated rings. The summed E-state index contributed by atoms with van der Waals surface area (Å²) >= 11 is 0. The molecule has 1 heterocycles. The van der Waals surface area contributed by atoms with Crippen LogP contribution in [0.5, 0.6) is 0 Å². The monoisotopic (exact) mass is 216 g/mol. The van der Waals surface area contributed by atoms with Gasteiger partial charge in [-0.1, -0.05) is 0 Å². The van der Waals surface area contributed by atoms with Crippen molar-refractivity contribution in [1.82, 2.24) is 0 Å². The van der Waals surface area contributed by atoms with Gasteiger partial charge >= 0.3 is 11.9 Å². The number of ether oxygens (including phenoxy) is 1. The number of cyclic esters (lactones) is 2. The number of rotatable bonds is 2. The Bertz CT molecular complexity index is 250. The van der Waals surface area contributed by atoms with Crippen molar-refractivity contribution in [2.75, 3.05) is 0 Å². The summed E-state index contributed by atoms with van der Waals surface area (Å²) in [5.41, 5.74) is -0.656. The molecule has 0 aromatic rings. The van der Waals surface area contributed by atoms with E-state index >= 15 is 0 Å². The Kier molecular flexibility index (Phi) is 2.82. The summed E-state index contributed by atoms with van der Waals surface area (Å²) in [5.74, 6) is -0.969. The zero-order chi connectivity index (χ0) is 11.0. The minimum Gasteiger partial charge on any atom is -0.411 e. The third-order valence-electron chi connectivity index (χ3n) is 1.82. The molecule has 1 aliphatic rings. The van der Waals surface area contributed by atoms with Gasteiger partial charge in [0, 0.05) is 0 Å². The lowest BCUT2D eigenvalue weighted by Gasteiger charge is -2.36. The Morgan fingerprint density at radius 1 is 1.21 bits per heavy atom. The lowest BCUT2D eigenvalue weighted by molar-refractivity contribution is -0.171. The van der Waals surface area contributed by atoms with Gasteiger partial charge in [-0.3, -0.25) is 9.59 Å². The molecule has 0 saturated carbocycles. The van der Waals surface area contributed by atoms with Gasteiger partial charge < -0.3 is 9.16 Å². The van der Waals surface area contributed by atoms with Crippen LogP contribution in [-0.4, -0.2) is 25.9 Å². The van der Waals surface area contributed by atoms with Crippen LogP contribution in [0.3, 0.4) is 0 Å². The summed E-state index contributed by atoms with van der Waals surface area (Å²) in [6.07, 6.45) is 0.339. The van der Waals surface area contributed by atoms with Crippen molar-refractivity contribution in [2.24, 2.45) is 0 Å². The minimum absolute atomic E-state index is 0.170. The molecular formula is C9H16O4Si.